The molecule has 7 heteroatoms. The number of hydrazone groups is 1. The molecule has 3 amide bonds. The average molecular weight is 278 g/mol. The van der Waals surface area contributed by atoms with Crippen LogP contribution in [0.3, 0.4) is 0 Å². The first-order valence-corrected chi connectivity index (χ1v) is 5.93. The van der Waals surface area contributed by atoms with E-state index in [0.29, 0.717) is 11.5 Å². The summed E-state index contributed by atoms with van der Waals surface area (Å²) in [6, 6.07) is 6.28. The third kappa shape index (κ3) is 4.97. The quantitative estimate of drug-likeness (QED) is 0.608. The van der Waals surface area contributed by atoms with Crippen molar-refractivity contribution in [3.8, 4) is 5.75 Å². The number of nitrogens with one attached hydrogen (secondary N) is 1. The van der Waals surface area contributed by atoms with Crippen molar-refractivity contribution in [1.29, 1.82) is 0 Å². The third-order valence-corrected chi connectivity index (χ3v) is 2.47. The van der Waals surface area contributed by atoms with Crippen molar-refractivity contribution < 1.29 is 14.3 Å². The van der Waals surface area contributed by atoms with E-state index in [1.807, 2.05) is 0 Å². The SMILES string of the molecule is CC(=NNC(N)=O)c1ccc(OCC(=O)N(C)C)cc1. The maximum Gasteiger partial charge on any atom is 0.332 e. The molecule has 0 fully saturated rings. The molecule has 0 spiro atoms. The monoisotopic (exact) mass is 278 g/mol. The maximum atomic E-state index is 11.4. The summed E-state index contributed by atoms with van der Waals surface area (Å²) in [7, 11) is 3.33. The number of nitrogens with two attached hydrogens (primary N) is 1. The van der Waals surface area contributed by atoms with Gasteiger partial charge in [-0.2, -0.15) is 5.10 Å². The van der Waals surface area contributed by atoms with Gasteiger partial charge in [0.15, 0.2) is 6.61 Å². The lowest BCUT2D eigenvalue weighted by Gasteiger charge is -2.11. The van der Waals surface area contributed by atoms with E-state index in [0.717, 1.165) is 5.56 Å². The number of primary amides is 1. The Labute approximate surface area is 117 Å². The Morgan fingerprint density at radius 2 is 1.90 bits per heavy atom. The summed E-state index contributed by atoms with van der Waals surface area (Å²) in [6.45, 7) is 1.73. The van der Waals surface area contributed by atoms with Gasteiger partial charge in [-0.3, -0.25) is 4.79 Å². The third-order valence-electron chi connectivity index (χ3n) is 2.47. The number of carbonyl (C=O) groups is 2. The first kappa shape index (κ1) is 15.5. The normalized spacial score (nSPS) is 10.8. The van der Waals surface area contributed by atoms with Crippen LogP contribution in [0.25, 0.3) is 0 Å². The first-order valence-electron chi connectivity index (χ1n) is 5.93. The fraction of sp³-hybridized carbons (Fsp3) is 0.308. The molecule has 1 aromatic carbocycles. The van der Waals surface area contributed by atoms with Gasteiger partial charge in [0, 0.05) is 14.1 Å². The zero-order valence-electron chi connectivity index (χ0n) is 11.7. The number of amides is 3. The summed E-state index contributed by atoms with van der Waals surface area (Å²) < 4.78 is 5.34. The number of hydrogen-bond acceptors (Lipinski definition) is 4. The molecule has 0 aliphatic rings. The summed E-state index contributed by atoms with van der Waals surface area (Å²) in [4.78, 5) is 23.4. The molecule has 20 heavy (non-hydrogen) atoms. The molecule has 0 aromatic heterocycles. The molecule has 0 unspecified atom stereocenters. The molecular weight excluding hydrogens is 260 g/mol. The van der Waals surface area contributed by atoms with Crippen LogP contribution in [-0.4, -0.2) is 43.3 Å². The molecule has 108 valence electrons. The highest BCUT2D eigenvalue weighted by atomic mass is 16.5. The highest BCUT2D eigenvalue weighted by molar-refractivity contribution is 5.99. The summed E-state index contributed by atoms with van der Waals surface area (Å²) in [6.07, 6.45) is 0. The fourth-order valence-corrected chi connectivity index (χ4v) is 1.27. The van der Waals surface area contributed by atoms with Gasteiger partial charge in [0.05, 0.1) is 5.71 Å². The minimum atomic E-state index is -0.716. The molecule has 0 atom stereocenters. The number of hydrogen-bond donors (Lipinski definition) is 2. The molecule has 0 bridgehead atoms. The number of rotatable bonds is 5. The second kappa shape index (κ2) is 7.13. The Balaban J connectivity index is 2.62. The number of benzene rings is 1. The van der Waals surface area contributed by atoms with Crippen LogP contribution in [0.1, 0.15) is 12.5 Å². The zero-order valence-corrected chi connectivity index (χ0v) is 11.7. The maximum absolute atomic E-state index is 11.4. The van der Waals surface area contributed by atoms with E-state index < -0.39 is 6.03 Å². The van der Waals surface area contributed by atoms with Crippen molar-refractivity contribution >= 4 is 17.6 Å². The number of carbonyl (C=O) groups excluding carboxylic acids is 2. The van der Waals surface area contributed by atoms with Crippen LogP contribution < -0.4 is 15.9 Å². The molecule has 0 aliphatic heterocycles. The van der Waals surface area contributed by atoms with Crippen LogP contribution in [0.4, 0.5) is 4.79 Å². The van der Waals surface area contributed by atoms with E-state index in [-0.39, 0.29) is 12.5 Å². The van der Waals surface area contributed by atoms with Gasteiger partial charge in [-0.15, -0.1) is 0 Å². The van der Waals surface area contributed by atoms with E-state index in [1.54, 1.807) is 45.3 Å². The minimum Gasteiger partial charge on any atom is -0.484 e. The number of ether oxygens (including phenoxy) is 1. The van der Waals surface area contributed by atoms with Crippen LogP contribution in [0, 0.1) is 0 Å². The van der Waals surface area contributed by atoms with Gasteiger partial charge in [-0.05, 0) is 36.8 Å². The van der Waals surface area contributed by atoms with Gasteiger partial charge in [0.25, 0.3) is 5.91 Å². The Kier molecular flexibility index (Phi) is 5.52. The van der Waals surface area contributed by atoms with Crippen LogP contribution in [0.15, 0.2) is 29.4 Å². The smallest absolute Gasteiger partial charge is 0.332 e. The number of urea groups is 1. The summed E-state index contributed by atoms with van der Waals surface area (Å²) in [5.74, 6) is 0.470. The van der Waals surface area contributed by atoms with Gasteiger partial charge in [0.1, 0.15) is 5.75 Å². The van der Waals surface area contributed by atoms with Crippen molar-refractivity contribution in [2.24, 2.45) is 10.8 Å². The summed E-state index contributed by atoms with van der Waals surface area (Å²) in [5, 5.41) is 3.81. The highest BCUT2D eigenvalue weighted by Gasteiger charge is 2.05. The topological polar surface area (TPSA) is 97.0 Å². The van der Waals surface area contributed by atoms with Gasteiger partial charge in [-0.25, -0.2) is 10.2 Å². The van der Waals surface area contributed by atoms with E-state index in [1.165, 1.54) is 4.90 Å². The number of nitrogens with zero attached hydrogens (tertiary/aromatic N) is 2. The molecule has 3 N–H and O–H groups in total. The molecule has 0 heterocycles. The fourth-order valence-electron chi connectivity index (χ4n) is 1.27. The second-order valence-corrected chi connectivity index (χ2v) is 4.27. The lowest BCUT2D eigenvalue weighted by molar-refractivity contribution is -0.130. The predicted molar refractivity (Wildman–Crippen MR) is 75.6 cm³/mol. The van der Waals surface area contributed by atoms with E-state index >= 15 is 0 Å². The Morgan fingerprint density at radius 1 is 1.30 bits per heavy atom. The standard InChI is InChI=1S/C13H18N4O3/c1-9(15-16-13(14)19)10-4-6-11(7-5-10)20-8-12(18)17(2)3/h4-7H,8H2,1-3H3,(H3,14,16,19). The second-order valence-electron chi connectivity index (χ2n) is 4.27. The van der Waals surface area contributed by atoms with Gasteiger partial charge < -0.3 is 15.4 Å². The lowest BCUT2D eigenvalue weighted by Crippen LogP contribution is -2.27. The van der Waals surface area contributed by atoms with Crippen molar-refractivity contribution in [2.75, 3.05) is 20.7 Å². The van der Waals surface area contributed by atoms with Crippen LogP contribution in [0.2, 0.25) is 0 Å². The Bertz CT molecular complexity index is 509. The van der Waals surface area contributed by atoms with E-state index in [2.05, 4.69) is 10.5 Å². The van der Waals surface area contributed by atoms with Crippen LogP contribution in [0.5, 0.6) is 5.75 Å². The molecule has 0 saturated carbocycles. The zero-order chi connectivity index (χ0) is 15.1. The molecule has 0 radical (unpaired) electrons. The Morgan fingerprint density at radius 3 is 2.40 bits per heavy atom. The van der Waals surface area contributed by atoms with E-state index in [4.69, 9.17) is 10.5 Å². The molecule has 7 nitrogen and oxygen atoms in total. The first-order chi connectivity index (χ1) is 9.40. The Hall–Kier alpha value is -2.57. The predicted octanol–water partition coefficient (Wildman–Crippen LogP) is 0.546. The minimum absolute atomic E-state index is 0.0113. The lowest BCUT2D eigenvalue weighted by atomic mass is 10.1. The van der Waals surface area contributed by atoms with Gasteiger partial charge in [0.2, 0.25) is 0 Å². The molecular formula is C13H18N4O3. The summed E-state index contributed by atoms with van der Waals surface area (Å²) in [5.41, 5.74) is 8.50. The van der Waals surface area contributed by atoms with Crippen LogP contribution >= 0.6 is 0 Å². The highest BCUT2D eigenvalue weighted by Crippen LogP contribution is 2.12. The van der Waals surface area contributed by atoms with Crippen molar-refractivity contribution in [1.82, 2.24) is 10.3 Å². The largest absolute Gasteiger partial charge is 0.484 e. The van der Waals surface area contributed by atoms with E-state index in [9.17, 15) is 9.59 Å². The van der Waals surface area contributed by atoms with Crippen LogP contribution in [-0.2, 0) is 4.79 Å². The summed E-state index contributed by atoms with van der Waals surface area (Å²) >= 11 is 0. The molecule has 0 aliphatic carbocycles. The number of likely N-dealkylation sites (N-methyl/N-ethyl adjacent to an activating group) is 1. The van der Waals surface area contributed by atoms with Gasteiger partial charge >= 0.3 is 6.03 Å². The van der Waals surface area contributed by atoms with Gasteiger partial charge in [-0.1, -0.05) is 0 Å². The molecule has 1 aromatic rings. The molecule has 0 saturated heterocycles. The average Bonchev–Trinajstić information content (AvgIpc) is 2.42. The van der Waals surface area contributed by atoms with Crippen molar-refractivity contribution in [2.45, 2.75) is 6.92 Å². The molecule has 1 rings (SSSR count). The van der Waals surface area contributed by atoms with Crippen molar-refractivity contribution in [3.63, 3.8) is 0 Å². The van der Waals surface area contributed by atoms with Crippen molar-refractivity contribution in [3.05, 3.63) is 29.8 Å².